The third kappa shape index (κ3) is 11.7. The predicted octanol–water partition coefficient (Wildman–Crippen LogP) is 4.60. The first kappa shape index (κ1) is 43.9. The van der Waals surface area contributed by atoms with Crippen LogP contribution in [-0.2, 0) is 38.1 Å². The number of morpholine rings is 2. The van der Waals surface area contributed by atoms with E-state index in [-0.39, 0.29) is 79.3 Å². The van der Waals surface area contributed by atoms with Gasteiger partial charge in [0.15, 0.2) is 23.2 Å². The highest BCUT2D eigenvalue weighted by Crippen LogP contribution is 2.44. The average molecular weight is 856 g/mol. The van der Waals surface area contributed by atoms with Gasteiger partial charge in [0.1, 0.15) is 13.2 Å². The molecule has 2 fully saturated rings. The van der Waals surface area contributed by atoms with Gasteiger partial charge in [-0.05, 0) is 55.5 Å². The van der Waals surface area contributed by atoms with E-state index in [1.54, 1.807) is 58.3 Å². The molecule has 0 unspecified atom stereocenters. The van der Waals surface area contributed by atoms with Crippen molar-refractivity contribution in [2.45, 2.75) is 16.7 Å². The zero-order valence-corrected chi connectivity index (χ0v) is 33.9. The van der Waals surface area contributed by atoms with E-state index in [4.69, 9.17) is 28.4 Å². The highest BCUT2D eigenvalue weighted by Gasteiger charge is 2.41. The Balaban J connectivity index is 1.14. The number of ketones is 1. The number of halogens is 2. The van der Waals surface area contributed by atoms with E-state index in [2.05, 4.69) is 0 Å². The maximum absolute atomic E-state index is 15.4. The number of amides is 4. The number of hydrogen-bond donors (Lipinski definition) is 0. The minimum Gasteiger partial charge on any atom is -0.485 e. The van der Waals surface area contributed by atoms with Crippen LogP contribution in [0.15, 0.2) is 80.3 Å². The zero-order chi connectivity index (χ0) is 41.7. The SMILES string of the molecule is CC(=O)COCCOCCOCCOc1c(F)cc(N2C(=O)C(Sc3ccc(C(=O)N4CCOCC4)cc3)=C(Sc3ccc(C(=O)N4CCOCC4)cc3)C2=O)cc1F. The number of hydrogen-bond acceptors (Lipinski definition) is 13. The molecule has 3 heterocycles. The fraction of sp³-hybridized carbons (Fsp3) is 0.390. The molecular formula is C41H43F2N3O11S2. The van der Waals surface area contributed by atoms with Gasteiger partial charge in [-0.25, -0.2) is 13.7 Å². The number of Topliss-reactive ketones (excluding diaryl/α,β-unsaturated/α-hetero) is 1. The number of thioether (sulfide) groups is 2. The first-order valence-corrected chi connectivity index (χ1v) is 20.5. The number of carbonyl (C=O) groups excluding carboxylic acids is 5. The second-order valence-electron chi connectivity index (χ2n) is 13.2. The lowest BCUT2D eigenvalue weighted by atomic mass is 10.2. The number of rotatable bonds is 19. The van der Waals surface area contributed by atoms with Crippen molar-refractivity contribution in [2.75, 3.05) is 104 Å². The molecule has 0 N–H and O–H groups in total. The fourth-order valence-corrected chi connectivity index (χ4v) is 8.02. The fourth-order valence-electron chi connectivity index (χ4n) is 6.04. The minimum atomic E-state index is -1.13. The van der Waals surface area contributed by atoms with Crippen molar-refractivity contribution in [1.82, 2.24) is 9.80 Å². The van der Waals surface area contributed by atoms with Gasteiger partial charge in [0.2, 0.25) is 0 Å². The topological polar surface area (TPSA) is 150 Å². The molecule has 6 rings (SSSR count). The molecular weight excluding hydrogens is 813 g/mol. The van der Waals surface area contributed by atoms with Gasteiger partial charge in [-0.15, -0.1) is 0 Å². The summed E-state index contributed by atoms with van der Waals surface area (Å²) in [5.41, 5.74) is 0.551. The van der Waals surface area contributed by atoms with Crippen molar-refractivity contribution < 1.29 is 61.2 Å². The molecule has 0 aliphatic carbocycles. The van der Waals surface area contributed by atoms with Gasteiger partial charge in [0, 0.05) is 59.2 Å². The summed E-state index contributed by atoms with van der Waals surface area (Å²) >= 11 is 1.97. The second-order valence-corrected chi connectivity index (χ2v) is 15.4. The van der Waals surface area contributed by atoms with Crippen molar-refractivity contribution >= 4 is 58.6 Å². The number of anilines is 1. The highest BCUT2D eigenvalue weighted by molar-refractivity contribution is 8.08. The van der Waals surface area contributed by atoms with Crippen LogP contribution in [0, 0.1) is 11.6 Å². The molecule has 3 aromatic carbocycles. The molecule has 3 aromatic rings. The summed E-state index contributed by atoms with van der Waals surface area (Å²) in [5, 5.41) is 0. The predicted molar refractivity (Wildman–Crippen MR) is 213 cm³/mol. The average Bonchev–Trinajstić information content (AvgIpc) is 3.47. The van der Waals surface area contributed by atoms with E-state index in [0.717, 1.165) is 35.7 Å². The molecule has 0 bridgehead atoms. The van der Waals surface area contributed by atoms with Gasteiger partial charge in [0.25, 0.3) is 23.6 Å². The quantitative estimate of drug-likeness (QED) is 0.122. The molecule has 0 radical (unpaired) electrons. The summed E-state index contributed by atoms with van der Waals surface area (Å²) < 4.78 is 62.6. The minimum absolute atomic E-state index is 0.00610. The third-order valence-corrected chi connectivity index (χ3v) is 11.3. The van der Waals surface area contributed by atoms with E-state index in [1.165, 1.54) is 6.92 Å². The lowest BCUT2D eigenvalue weighted by Crippen LogP contribution is -2.40. The molecule has 3 aliphatic rings. The molecule has 0 atom stereocenters. The molecule has 0 spiro atoms. The van der Waals surface area contributed by atoms with Crippen LogP contribution in [0.25, 0.3) is 0 Å². The van der Waals surface area contributed by atoms with Gasteiger partial charge < -0.3 is 38.2 Å². The van der Waals surface area contributed by atoms with Crippen molar-refractivity contribution in [3.63, 3.8) is 0 Å². The summed E-state index contributed by atoms with van der Waals surface area (Å²) in [4.78, 5) is 70.3. The van der Waals surface area contributed by atoms with Crippen molar-refractivity contribution in [1.29, 1.82) is 0 Å². The Morgan fingerprint density at radius 1 is 0.627 bits per heavy atom. The van der Waals surface area contributed by atoms with Crippen LogP contribution >= 0.6 is 23.5 Å². The van der Waals surface area contributed by atoms with Gasteiger partial charge in [-0.3, -0.25) is 24.0 Å². The van der Waals surface area contributed by atoms with Crippen LogP contribution in [0.5, 0.6) is 5.75 Å². The van der Waals surface area contributed by atoms with Crippen LogP contribution in [0.3, 0.4) is 0 Å². The van der Waals surface area contributed by atoms with Crippen LogP contribution in [0.2, 0.25) is 0 Å². The summed E-state index contributed by atoms with van der Waals surface area (Å²) in [6, 6.07) is 14.9. The summed E-state index contributed by atoms with van der Waals surface area (Å²) in [6.45, 7) is 5.84. The molecule has 18 heteroatoms. The molecule has 314 valence electrons. The Morgan fingerprint density at radius 3 is 1.46 bits per heavy atom. The Kier molecular flexibility index (Phi) is 16.0. The smallest absolute Gasteiger partial charge is 0.273 e. The standard InChI is InChI=1S/C41H43F2N3O11S2/c1-27(47)26-56-21-20-54-18-19-55-22-23-57-35-33(42)24-30(25-34(35)43)46-40(50)36(58-31-6-2-28(3-7-31)38(48)44-10-14-52-15-11-44)37(41(46)51)59-32-8-4-29(5-9-32)39(49)45-12-16-53-17-13-45/h2-9,24-25H,10-23,26H2,1H3. The number of benzene rings is 3. The first-order valence-electron chi connectivity index (χ1n) is 18.9. The molecule has 4 amide bonds. The van der Waals surface area contributed by atoms with Gasteiger partial charge >= 0.3 is 0 Å². The number of imide groups is 1. The van der Waals surface area contributed by atoms with Crippen molar-refractivity contribution in [3.8, 4) is 5.75 Å². The lowest BCUT2D eigenvalue weighted by molar-refractivity contribution is -0.122. The van der Waals surface area contributed by atoms with E-state index < -0.39 is 29.2 Å². The monoisotopic (exact) mass is 855 g/mol. The summed E-state index contributed by atoms with van der Waals surface area (Å²) in [6.07, 6.45) is 0. The molecule has 0 saturated carbocycles. The summed E-state index contributed by atoms with van der Waals surface area (Å²) in [7, 11) is 0. The Labute approximate surface area is 348 Å². The molecule has 0 aromatic heterocycles. The Morgan fingerprint density at radius 2 is 1.03 bits per heavy atom. The van der Waals surface area contributed by atoms with E-state index in [1.807, 2.05) is 0 Å². The normalized spacial score (nSPS) is 15.9. The number of ether oxygens (including phenoxy) is 6. The van der Waals surface area contributed by atoms with Crippen LogP contribution < -0.4 is 9.64 Å². The Bertz CT molecular complexity index is 1900. The molecule has 14 nitrogen and oxygen atoms in total. The van der Waals surface area contributed by atoms with E-state index >= 15 is 8.78 Å². The largest absolute Gasteiger partial charge is 0.485 e. The molecule has 2 saturated heterocycles. The van der Waals surface area contributed by atoms with E-state index in [9.17, 15) is 24.0 Å². The summed E-state index contributed by atoms with van der Waals surface area (Å²) in [5.74, 6) is -4.98. The highest BCUT2D eigenvalue weighted by atomic mass is 32.2. The van der Waals surface area contributed by atoms with Crippen molar-refractivity contribution in [3.05, 3.63) is 93.2 Å². The maximum atomic E-state index is 15.4. The van der Waals surface area contributed by atoms with Crippen LogP contribution in [-0.4, -0.2) is 138 Å². The number of nitrogens with zero attached hydrogens (tertiary/aromatic N) is 3. The van der Waals surface area contributed by atoms with Gasteiger partial charge in [-0.1, -0.05) is 23.5 Å². The van der Waals surface area contributed by atoms with Crippen molar-refractivity contribution in [2.24, 2.45) is 0 Å². The van der Waals surface area contributed by atoms with Gasteiger partial charge in [0.05, 0.1) is 75.0 Å². The molecule has 3 aliphatic heterocycles. The van der Waals surface area contributed by atoms with Crippen LogP contribution in [0.1, 0.15) is 27.6 Å². The second kappa shape index (κ2) is 21.5. The van der Waals surface area contributed by atoms with Gasteiger partial charge in [-0.2, -0.15) is 0 Å². The van der Waals surface area contributed by atoms with Crippen LogP contribution in [0.4, 0.5) is 14.5 Å². The first-order chi connectivity index (χ1) is 28.6. The number of carbonyl (C=O) groups is 5. The maximum Gasteiger partial charge on any atom is 0.273 e. The zero-order valence-electron chi connectivity index (χ0n) is 32.3. The third-order valence-electron chi connectivity index (χ3n) is 9.00. The molecule has 59 heavy (non-hydrogen) atoms. The Hall–Kier alpha value is -4.69. The van der Waals surface area contributed by atoms with E-state index in [0.29, 0.717) is 78.4 Å². The lowest BCUT2D eigenvalue weighted by Gasteiger charge is -2.26.